The van der Waals surface area contributed by atoms with Crippen LogP contribution >= 0.6 is 0 Å². The van der Waals surface area contributed by atoms with Gasteiger partial charge in [-0.3, -0.25) is 19.2 Å². The second kappa shape index (κ2) is 8.17. The predicted molar refractivity (Wildman–Crippen MR) is 89.8 cm³/mol. The van der Waals surface area contributed by atoms with E-state index in [0.29, 0.717) is 18.1 Å². The van der Waals surface area contributed by atoms with Crippen LogP contribution in [0, 0.1) is 0 Å². The molecule has 0 aromatic carbocycles. The summed E-state index contributed by atoms with van der Waals surface area (Å²) in [5.74, 6) is -8.05. The first-order chi connectivity index (χ1) is 12.0. The average Bonchev–Trinajstić information content (AvgIpc) is 2.47. The molecule has 1 aliphatic rings. The Morgan fingerprint density at radius 1 is 0.808 bits per heavy atom. The first-order valence-corrected chi connectivity index (χ1v) is 11.0. The molecule has 26 heavy (non-hydrogen) atoms. The maximum atomic E-state index is 11.8. The molecule has 10 heteroatoms. The van der Waals surface area contributed by atoms with Gasteiger partial charge < -0.3 is 23.4 Å². The molecule has 148 valence electrons. The Hall–Kier alpha value is -1.94. The van der Waals surface area contributed by atoms with Crippen LogP contribution in [-0.4, -0.2) is 44.0 Å². The molecule has 0 saturated carbocycles. The van der Waals surface area contributed by atoms with E-state index < -0.39 is 44.0 Å². The number of rotatable bonds is 6. The predicted octanol–water partition coefficient (Wildman–Crippen LogP) is 1.99. The summed E-state index contributed by atoms with van der Waals surface area (Å²) in [4.78, 5) is 47.0. The van der Waals surface area contributed by atoms with Crippen molar-refractivity contribution in [2.45, 2.75) is 77.9 Å². The summed E-state index contributed by atoms with van der Waals surface area (Å²) in [7, 11) is -2.53. The molecule has 1 fully saturated rings. The van der Waals surface area contributed by atoms with Crippen molar-refractivity contribution in [1.29, 1.82) is 0 Å². The van der Waals surface area contributed by atoms with Gasteiger partial charge in [0.15, 0.2) is 0 Å². The summed E-state index contributed by atoms with van der Waals surface area (Å²) in [5.41, 5.74) is 0. The van der Waals surface area contributed by atoms with Gasteiger partial charge in [-0.2, -0.15) is 0 Å². The van der Waals surface area contributed by atoms with Crippen molar-refractivity contribution in [2.24, 2.45) is 0 Å². The molecule has 1 saturated heterocycles. The molecule has 0 amide bonds. The van der Waals surface area contributed by atoms with Crippen LogP contribution in [0.15, 0.2) is 0 Å². The van der Waals surface area contributed by atoms with Gasteiger partial charge in [0, 0.05) is 34.1 Å². The van der Waals surface area contributed by atoms with E-state index >= 15 is 0 Å². The second-order valence-electron chi connectivity index (χ2n) is 6.18. The van der Waals surface area contributed by atoms with E-state index in [1.807, 2.05) is 13.8 Å². The Morgan fingerprint density at radius 2 is 1.19 bits per heavy atom. The van der Waals surface area contributed by atoms with Crippen LogP contribution < -0.4 is 0 Å². The number of hydrogen-bond donors (Lipinski definition) is 0. The maximum absolute atomic E-state index is 11.8. The molecule has 0 bridgehead atoms. The summed E-state index contributed by atoms with van der Waals surface area (Å²) in [5, 5.41) is 0. The minimum absolute atomic E-state index is 0.0272. The summed E-state index contributed by atoms with van der Waals surface area (Å²) >= 11 is 0. The molecular formula is C16H26O9Si. The molecule has 0 N–H and O–H groups in total. The van der Waals surface area contributed by atoms with Crippen LogP contribution in [0.4, 0.5) is 0 Å². The van der Waals surface area contributed by atoms with E-state index in [0.717, 1.165) is 27.7 Å². The Labute approximate surface area is 153 Å². The highest BCUT2D eigenvalue weighted by molar-refractivity contribution is 6.73. The fourth-order valence-corrected chi connectivity index (χ4v) is 6.21. The van der Waals surface area contributed by atoms with Crippen molar-refractivity contribution in [2.75, 3.05) is 0 Å². The van der Waals surface area contributed by atoms with E-state index in [-0.39, 0.29) is 6.42 Å². The van der Waals surface area contributed by atoms with Gasteiger partial charge in [-0.15, -0.1) is 0 Å². The molecule has 1 heterocycles. The SMILES string of the molecule is CC[Si]1(CC)CCC(OC(C)=O)(OC(C)=O)C(OC(C)=O)(OC(C)=O)O1. The minimum atomic E-state index is -2.53. The van der Waals surface area contributed by atoms with Crippen molar-refractivity contribution in [1.82, 2.24) is 0 Å². The topological polar surface area (TPSA) is 114 Å². The first-order valence-electron chi connectivity index (χ1n) is 8.44. The van der Waals surface area contributed by atoms with E-state index in [2.05, 4.69) is 0 Å². The van der Waals surface area contributed by atoms with E-state index in [1.165, 1.54) is 0 Å². The van der Waals surface area contributed by atoms with Gasteiger partial charge in [-0.1, -0.05) is 13.8 Å². The van der Waals surface area contributed by atoms with Crippen LogP contribution in [0.5, 0.6) is 0 Å². The third-order valence-corrected chi connectivity index (χ3v) is 8.63. The lowest BCUT2D eigenvalue weighted by Gasteiger charge is -2.52. The van der Waals surface area contributed by atoms with Crippen LogP contribution in [-0.2, 0) is 42.6 Å². The van der Waals surface area contributed by atoms with Gasteiger partial charge in [0.1, 0.15) is 0 Å². The normalized spacial score (nSPS) is 19.8. The monoisotopic (exact) mass is 390 g/mol. The van der Waals surface area contributed by atoms with Crippen LogP contribution in [0.1, 0.15) is 48.0 Å². The molecule has 0 radical (unpaired) electrons. The van der Waals surface area contributed by atoms with Crippen molar-refractivity contribution >= 4 is 32.2 Å². The Balaban J connectivity index is 3.63. The fraction of sp³-hybridized carbons (Fsp3) is 0.750. The highest BCUT2D eigenvalue weighted by Crippen LogP contribution is 2.48. The smallest absolute Gasteiger partial charge is 0.412 e. The number of esters is 4. The quantitative estimate of drug-likeness (QED) is 0.381. The third kappa shape index (κ3) is 4.61. The largest absolute Gasteiger partial charge is 0.449 e. The van der Waals surface area contributed by atoms with Crippen LogP contribution in [0.3, 0.4) is 0 Å². The molecule has 0 unspecified atom stereocenters. The van der Waals surface area contributed by atoms with Gasteiger partial charge >= 0.3 is 35.6 Å². The zero-order valence-electron chi connectivity index (χ0n) is 16.0. The number of ether oxygens (including phenoxy) is 4. The van der Waals surface area contributed by atoms with Crippen molar-refractivity contribution in [3.8, 4) is 0 Å². The number of carbonyl (C=O) groups is 4. The number of hydrogen-bond acceptors (Lipinski definition) is 9. The van der Waals surface area contributed by atoms with Gasteiger partial charge in [0.2, 0.25) is 8.32 Å². The summed E-state index contributed by atoms with van der Waals surface area (Å²) < 4.78 is 27.1. The van der Waals surface area contributed by atoms with E-state index in [1.54, 1.807) is 0 Å². The standard InChI is InChI=1S/C16H26O9Si/c1-7-26(8-2)10-9-15(21-11(3)17,22-12(4)18)16(25-26,23-13(5)19)24-14(6)20/h7-10H2,1-6H3. The van der Waals surface area contributed by atoms with Crippen molar-refractivity contribution in [3.05, 3.63) is 0 Å². The molecule has 0 atom stereocenters. The summed E-state index contributed by atoms with van der Waals surface area (Å²) in [6.45, 7) is 8.17. The lowest BCUT2D eigenvalue weighted by atomic mass is 10.1. The van der Waals surface area contributed by atoms with E-state index in [4.69, 9.17) is 23.4 Å². The van der Waals surface area contributed by atoms with Gasteiger partial charge in [0.25, 0.3) is 0 Å². The van der Waals surface area contributed by atoms with Gasteiger partial charge in [-0.05, 0) is 18.1 Å². The second-order valence-corrected chi connectivity index (χ2v) is 10.7. The molecular weight excluding hydrogens is 364 g/mol. The molecule has 0 spiro atoms. The molecule has 0 aromatic rings. The van der Waals surface area contributed by atoms with Crippen molar-refractivity contribution < 1.29 is 42.6 Å². The fourth-order valence-electron chi connectivity index (χ4n) is 3.02. The van der Waals surface area contributed by atoms with Crippen LogP contribution in [0.2, 0.25) is 18.1 Å². The molecule has 1 rings (SSSR count). The van der Waals surface area contributed by atoms with Crippen LogP contribution in [0.25, 0.3) is 0 Å². The highest BCUT2D eigenvalue weighted by Gasteiger charge is 2.71. The average molecular weight is 390 g/mol. The maximum Gasteiger partial charge on any atom is 0.449 e. The highest BCUT2D eigenvalue weighted by atomic mass is 28.4. The zero-order chi connectivity index (χ0) is 20.2. The Bertz CT molecular complexity index is 550. The van der Waals surface area contributed by atoms with Crippen molar-refractivity contribution in [3.63, 3.8) is 0 Å². The lowest BCUT2D eigenvalue weighted by molar-refractivity contribution is -0.440. The Kier molecular flexibility index (Phi) is 6.94. The zero-order valence-corrected chi connectivity index (χ0v) is 17.0. The molecule has 1 aliphatic heterocycles. The summed E-state index contributed by atoms with van der Waals surface area (Å²) in [6.07, 6.45) is -0.0272. The third-order valence-electron chi connectivity index (χ3n) is 4.19. The van der Waals surface area contributed by atoms with Gasteiger partial charge in [-0.25, -0.2) is 0 Å². The summed E-state index contributed by atoms with van der Waals surface area (Å²) in [6, 6.07) is 1.71. The molecule has 0 aliphatic carbocycles. The van der Waals surface area contributed by atoms with Gasteiger partial charge in [0.05, 0.1) is 0 Å². The lowest BCUT2D eigenvalue weighted by Crippen LogP contribution is -2.71. The number of carbonyl (C=O) groups excluding carboxylic acids is 4. The minimum Gasteiger partial charge on any atom is -0.412 e. The first kappa shape index (κ1) is 22.1. The Morgan fingerprint density at radius 3 is 1.50 bits per heavy atom. The molecule has 0 aromatic heterocycles. The molecule has 9 nitrogen and oxygen atoms in total. The van der Waals surface area contributed by atoms with E-state index in [9.17, 15) is 19.2 Å².